The van der Waals surface area contributed by atoms with Crippen molar-refractivity contribution in [2.75, 3.05) is 0 Å². The Hall–Kier alpha value is -4.36. The van der Waals surface area contributed by atoms with Crippen molar-refractivity contribution in [3.8, 4) is 33.8 Å². The molecule has 212 valence electrons. The van der Waals surface area contributed by atoms with Crippen LogP contribution in [-0.2, 0) is 12.4 Å². The molecule has 0 saturated heterocycles. The van der Waals surface area contributed by atoms with Crippen LogP contribution in [0.4, 0.5) is 37.7 Å². The minimum Gasteiger partial charge on any atom is -0.454 e. The topological polar surface area (TPSA) is 95.5 Å². The van der Waals surface area contributed by atoms with Crippen LogP contribution in [0.15, 0.2) is 72.8 Å². The van der Waals surface area contributed by atoms with Crippen molar-refractivity contribution in [2.24, 2.45) is 0 Å². The first-order chi connectivity index (χ1) is 19.1. The smallest absolute Gasteiger partial charge is 0.416 e. The van der Waals surface area contributed by atoms with E-state index in [1.54, 1.807) is 0 Å². The minimum absolute atomic E-state index is 0.0413. The highest BCUT2D eigenvalue weighted by molar-refractivity contribution is 6.36. The van der Waals surface area contributed by atoms with Gasteiger partial charge in [-0.25, -0.2) is 0 Å². The van der Waals surface area contributed by atoms with Gasteiger partial charge in [0.05, 0.1) is 42.1 Å². The molecule has 7 nitrogen and oxygen atoms in total. The molecule has 0 aliphatic heterocycles. The second-order valence-electron chi connectivity index (χ2n) is 8.31. The third-order valence-corrected chi connectivity index (χ3v) is 6.53. The van der Waals surface area contributed by atoms with Crippen LogP contribution in [0, 0.1) is 20.2 Å². The van der Waals surface area contributed by atoms with Gasteiger partial charge in [-0.2, -0.15) is 26.3 Å². The van der Waals surface area contributed by atoms with Gasteiger partial charge in [-0.15, -0.1) is 0 Å². The van der Waals surface area contributed by atoms with Gasteiger partial charge in [0.25, 0.3) is 11.4 Å². The number of hydrogen-bond donors (Lipinski definition) is 0. The number of alkyl halides is 6. The zero-order valence-electron chi connectivity index (χ0n) is 19.9. The molecule has 0 N–H and O–H groups in total. The number of nitro benzene ring substituents is 2. The van der Waals surface area contributed by atoms with Crippen LogP contribution in [0.2, 0.25) is 10.0 Å². The average molecular weight is 617 g/mol. The van der Waals surface area contributed by atoms with Gasteiger partial charge >= 0.3 is 12.4 Å². The Morgan fingerprint density at radius 1 is 0.561 bits per heavy atom. The fourth-order valence-corrected chi connectivity index (χ4v) is 4.49. The Morgan fingerprint density at radius 3 is 1.15 bits per heavy atom. The summed E-state index contributed by atoms with van der Waals surface area (Å²) in [5.41, 5.74) is -3.74. The predicted octanol–water partition coefficient (Wildman–Crippen LogP) is 9.97. The van der Waals surface area contributed by atoms with Gasteiger partial charge < -0.3 is 4.74 Å². The Bertz CT molecular complexity index is 1530. The van der Waals surface area contributed by atoms with Gasteiger partial charge in [-0.3, -0.25) is 20.2 Å². The van der Waals surface area contributed by atoms with E-state index in [9.17, 15) is 46.6 Å². The predicted molar refractivity (Wildman–Crippen MR) is 137 cm³/mol. The van der Waals surface area contributed by atoms with Crippen molar-refractivity contribution in [2.45, 2.75) is 12.4 Å². The molecule has 0 bridgehead atoms. The molecule has 0 aliphatic rings. The number of rotatable bonds is 6. The second-order valence-corrected chi connectivity index (χ2v) is 9.07. The van der Waals surface area contributed by atoms with E-state index in [1.807, 2.05) is 0 Å². The van der Waals surface area contributed by atoms with Crippen molar-refractivity contribution in [1.82, 2.24) is 0 Å². The van der Waals surface area contributed by atoms with E-state index in [2.05, 4.69) is 0 Å². The van der Waals surface area contributed by atoms with Crippen LogP contribution in [0.25, 0.3) is 22.3 Å². The molecule has 0 fully saturated rings. The normalized spacial score (nSPS) is 11.8. The molecule has 41 heavy (non-hydrogen) atoms. The highest BCUT2D eigenvalue weighted by Gasteiger charge is 2.32. The van der Waals surface area contributed by atoms with Crippen molar-refractivity contribution >= 4 is 34.6 Å². The minimum atomic E-state index is -4.66. The third-order valence-electron chi connectivity index (χ3n) is 5.78. The van der Waals surface area contributed by atoms with E-state index >= 15 is 0 Å². The fraction of sp³-hybridized carbons (Fsp3) is 0.0769. The van der Waals surface area contributed by atoms with Crippen molar-refractivity contribution in [1.29, 1.82) is 0 Å². The lowest BCUT2D eigenvalue weighted by Crippen LogP contribution is -2.04. The summed E-state index contributed by atoms with van der Waals surface area (Å²) in [6.07, 6.45) is -9.31. The molecule has 0 aliphatic carbocycles. The van der Waals surface area contributed by atoms with E-state index in [1.165, 1.54) is 0 Å². The third kappa shape index (κ3) is 6.05. The van der Waals surface area contributed by atoms with Crippen molar-refractivity contribution in [3.63, 3.8) is 0 Å². The summed E-state index contributed by atoms with van der Waals surface area (Å²) in [5, 5.41) is 22.5. The highest BCUT2D eigenvalue weighted by Crippen LogP contribution is 2.48. The molecular weight excluding hydrogens is 605 g/mol. The first-order valence-electron chi connectivity index (χ1n) is 11.1. The van der Waals surface area contributed by atoms with Gasteiger partial charge in [0, 0.05) is 12.1 Å². The number of nitro groups is 2. The summed E-state index contributed by atoms with van der Waals surface area (Å²) in [4.78, 5) is 21.7. The monoisotopic (exact) mass is 616 g/mol. The lowest BCUT2D eigenvalue weighted by molar-refractivity contribution is -0.384. The fourth-order valence-electron chi connectivity index (χ4n) is 3.87. The molecule has 15 heteroatoms. The van der Waals surface area contributed by atoms with E-state index in [-0.39, 0.29) is 43.8 Å². The molecule has 0 atom stereocenters. The number of ether oxygens (including phenoxy) is 1. The number of benzene rings is 4. The van der Waals surface area contributed by atoms with Crippen molar-refractivity contribution < 1.29 is 40.9 Å². The summed E-state index contributed by atoms with van der Waals surface area (Å²) < 4.78 is 83.7. The maximum atomic E-state index is 13.0. The standard InChI is InChI=1S/C26H12Cl2F6N2O5/c27-23-19(11-9-17(35(37)38)21(23)13-1-5-15(6-2-13)25(29,30)31)41-20-12-10-18(36(39)40)22(24(20)28)14-3-7-16(8-4-14)26(32,33)34/h1-12H. The molecule has 0 spiro atoms. The molecule has 0 unspecified atom stereocenters. The Kier molecular flexibility index (Phi) is 7.87. The van der Waals surface area contributed by atoms with Crippen LogP contribution in [-0.4, -0.2) is 9.85 Å². The summed E-state index contributed by atoms with van der Waals surface area (Å²) >= 11 is 12.8. The lowest BCUT2D eigenvalue weighted by Gasteiger charge is -2.15. The van der Waals surface area contributed by atoms with Crippen LogP contribution in [0.5, 0.6) is 11.5 Å². The van der Waals surface area contributed by atoms with E-state index in [4.69, 9.17) is 27.9 Å². The molecule has 0 amide bonds. The molecule has 0 heterocycles. The van der Waals surface area contributed by atoms with Crippen molar-refractivity contribution in [3.05, 3.63) is 114 Å². The van der Waals surface area contributed by atoms with Gasteiger partial charge in [0.1, 0.15) is 11.5 Å². The number of nitrogens with zero attached hydrogens (tertiary/aromatic N) is 2. The van der Waals surface area contributed by atoms with E-state index < -0.39 is 44.7 Å². The number of hydrogen-bond acceptors (Lipinski definition) is 5. The number of halogens is 8. The van der Waals surface area contributed by atoms with Gasteiger partial charge in [-0.05, 0) is 47.5 Å². The van der Waals surface area contributed by atoms with Gasteiger partial charge in [-0.1, -0.05) is 47.5 Å². The van der Waals surface area contributed by atoms with E-state index in [0.717, 1.165) is 48.5 Å². The first kappa shape index (κ1) is 29.6. The zero-order valence-corrected chi connectivity index (χ0v) is 21.4. The molecular formula is C26H12Cl2F6N2O5. The summed E-state index contributed by atoms with van der Waals surface area (Å²) in [5.74, 6) is -0.498. The summed E-state index contributed by atoms with van der Waals surface area (Å²) in [6, 6.07) is 11.0. The largest absolute Gasteiger partial charge is 0.454 e. The maximum absolute atomic E-state index is 13.0. The second kappa shape index (κ2) is 10.9. The highest BCUT2D eigenvalue weighted by atomic mass is 35.5. The van der Waals surface area contributed by atoms with Crippen LogP contribution in [0.1, 0.15) is 11.1 Å². The van der Waals surface area contributed by atoms with Crippen LogP contribution >= 0.6 is 23.2 Å². The first-order valence-corrected chi connectivity index (χ1v) is 11.8. The summed E-state index contributed by atoms with van der Waals surface area (Å²) in [6.45, 7) is 0. The molecule has 0 radical (unpaired) electrons. The lowest BCUT2D eigenvalue weighted by atomic mass is 10.0. The molecule has 0 aromatic heterocycles. The maximum Gasteiger partial charge on any atom is 0.416 e. The van der Waals surface area contributed by atoms with Gasteiger partial charge in [0.15, 0.2) is 0 Å². The van der Waals surface area contributed by atoms with E-state index in [0.29, 0.717) is 24.3 Å². The Balaban J connectivity index is 1.82. The molecule has 4 rings (SSSR count). The molecule has 4 aromatic rings. The summed E-state index contributed by atoms with van der Waals surface area (Å²) in [7, 11) is 0. The Labute approximate surface area is 235 Å². The van der Waals surface area contributed by atoms with Crippen LogP contribution in [0.3, 0.4) is 0 Å². The Morgan fingerprint density at radius 2 is 0.878 bits per heavy atom. The SMILES string of the molecule is O=[N+]([O-])c1ccc(Oc2ccc([N+](=O)[O-])c(-c3ccc(C(F)(F)F)cc3)c2Cl)c(Cl)c1-c1ccc(C(F)(F)F)cc1. The quantitative estimate of drug-likeness (QED) is 0.122. The molecule has 4 aromatic carbocycles. The zero-order chi connectivity index (χ0) is 30.3. The molecule has 0 saturated carbocycles. The van der Waals surface area contributed by atoms with Gasteiger partial charge in [0.2, 0.25) is 0 Å². The van der Waals surface area contributed by atoms with Crippen LogP contribution < -0.4 is 4.74 Å². The average Bonchev–Trinajstić information content (AvgIpc) is 2.89.